The number of fused-ring (bicyclic) bond motifs is 1. The molecule has 1 N–H and O–H groups in total. The summed E-state index contributed by atoms with van der Waals surface area (Å²) in [7, 11) is 0. The predicted octanol–water partition coefficient (Wildman–Crippen LogP) is 2.88. The van der Waals surface area contributed by atoms with Crippen LogP contribution in [0, 0.1) is 5.82 Å². The molecule has 0 radical (unpaired) electrons. The van der Waals surface area contributed by atoms with Crippen molar-refractivity contribution in [1.29, 1.82) is 0 Å². The topological polar surface area (TPSA) is 59.3 Å². The number of amides is 1. The summed E-state index contributed by atoms with van der Waals surface area (Å²) < 4.78 is 15.0. The molecular formula is C13H8BrFN4O. The Morgan fingerprint density at radius 1 is 1.25 bits per heavy atom. The molecule has 7 heteroatoms. The number of nitrogens with zero attached hydrogens (tertiary/aromatic N) is 3. The van der Waals surface area contributed by atoms with Crippen molar-refractivity contribution in [2.45, 2.75) is 0 Å². The van der Waals surface area contributed by atoms with Crippen molar-refractivity contribution in [1.82, 2.24) is 14.6 Å². The fourth-order valence-corrected chi connectivity index (χ4v) is 2.30. The normalized spacial score (nSPS) is 10.7. The van der Waals surface area contributed by atoms with Crippen molar-refractivity contribution in [2.24, 2.45) is 0 Å². The molecule has 2 heterocycles. The van der Waals surface area contributed by atoms with Crippen LogP contribution in [0.4, 0.5) is 10.3 Å². The Morgan fingerprint density at radius 3 is 2.90 bits per heavy atom. The first-order valence-corrected chi connectivity index (χ1v) is 6.50. The molecule has 0 aliphatic carbocycles. The van der Waals surface area contributed by atoms with E-state index in [-0.39, 0.29) is 0 Å². The van der Waals surface area contributed by atoms with Crippen molar-refractivity contribution in [3.8, 4) is 0 Å². The highest BCUT2D eigenvalue weighted by molar-refractivity contribution is 9.10. The van der Waals surface area contributed by atoms with Gasteiger partial charge < -0.3 is 0 Å². The molecule has 0 aliphatic rings. The SMILES string of the molecule is O=C(Nc1nnc2ccccn12)c1ccc(F)cc1Br. The van der Waals surface area contributed by atoms with Gasteiger partial charge in [-0.05, 0) is 46.3 Å². The fourth-order valence-electron chi connectivity index (χ4n) is 1.77. The van der Waals surface area contributed by atoms with Gasteiger partial charge in [-0.3, -0.25) is 14.5 Å². The van der Waals surface area contributed by atoms with Crippen LogP contribution in [-0.2, 0) is 0 Å². The van der Waals surface area contributed by atoms with Crippen LogP contribution in [-0.4, -0.2) is 20.5 Å². The first kappa shape index (κ1) is 12.7. The average Bonchev–Trinajstić information content (AvgIpc) is 2.82. The van der Waals surface area contributed by atoms with Crippen molar-refractivity contribution in [3.05, 3.63) is 58.4 Å². The van der Waals surface area contributed by atoms with Crippen LogP contribution >= 0.6 is 15.9 Å². The molecule has 0 saturated carbocycles. The van der Waals surface area contributed by atoms with Crippen LogP contribution in [0.1, 0.15) is 10.4 Å². The fraction of sp³-hybridized carbons (Fsp3) is 0. The van der Waals surface area contributed by atoms with Gasteiger partial charge in [0.05, 0.1) is 5.56 Å². The van der Waals surface area contributed by atoms with Crippen LogP contribution in [0.15, 0.2) is 47.1 Å². The maximum atomic E-state index is 13.0. The molecule has 1 amide bonds. The van der Waals surface area contributed by atoms with Gasteiger partial charge in [0, 0.05) is 10.7 Å². The van der Waals surface area contributed by atoms with Crippen LogP contribution in [0.5, 0.6) is 0 Å². The van der Waals surface area contributed by atoms with E-state index in [0.29, 0.717) is 21.6 Å². The highest BCUT2D eigenvalue weighted by atomic mass is 79.9. The van der Waals surface area contributed by atoms with E-state index in [2.05, 4.69) is 31.4 Å². The summed E-state index contributed by atoms with van der Waals surface area (Å²) in [5.74, 6) is -0.502. The number of nitrogens with one attached hydrogen (secondary N) is 1. The van der Waals surface area contributed by atoms with Gasteiger partial charge in [0.15, 0.2) is 5.65 Å². The Morgan fingerprint density at radius 2 is 2.10 bits per heavy atom. The highest BCUT2D eigenvalue weighted by Crippen LogP contribution is 2.19. The molecular weight excluding hydrogens is 327 g/mol. The zero-order chi connectivity index (χ0) is 14.1. The van der Waals surface area contributed by atoms with Gasteiger partial charge >= 0.3 is 0 Å². The van der Waals surface area contributed by atoms with E-state index in [4.69, 9.17) is 0 Å². The Labute approximate surface area is 121 Å². The van der Waals surface area contributed by atoms with Gasteiger partial charge in [-0.1, -0.05) is 6.07 Å². The van der Waals surface area contributed by atoms with E-state index < -0.39 is 11.7 Å². The molecule has 0 fully saturated rings. The largest absolute Gasteiger partial charge is 0.290 e. The second kappa shape index (κ2) is 5.01. The summed E-state index contributed by atoms with van der Waals surface area (Å²) in [5, 5.41) is 10.5. The number of hydrogen-bond donors (Lipinski definition) is 1. The van der Waals surface area contributed by atoms with E-state index in [1.54, 1.807) is 22.7 Å². The summed E-state index contributed by atoms with van der Waals surface area (Å²) in [6.45, 7) is 0. The zero-order valence-corrected chi connectivity index (χ0v) is 11.6. The predicted molar refractivity (Wildman–Crippen MR) is 75.0 cm³/mol. The molecule has 0 aliphatic heterocycles. The number of benzene rings is 1. The molecule has 3 aromatic rings. The molecule has 1 aromatic carbocycles. The van der Waals surface area contributed by atoms with Gasteiger partial charge in [0.2, 0.25) is 5.95 Å². The molecule has 3 rings (SSSR count). The number of carbonyl (C=O) groups excluding carboxylic acids is 1. The monoisotopic (exact) mass is 334 g/mol. The average molecular weight is 335 g/mol. The minimum atomic E-state index is -0.415. The summed E-state index contributed by atoms with van der Waals surface area (Å²) in [4.78, 5) is 12.1. The molecule has 0 saturated heterocycles. The molecule has 100 valence electrons. The molecule has 5 nitrogen and oxygen atoms in total. The quantitative estimate of drug-likeness (QED) is 0.783. The molecule has 0 bridgehead atoms. The molecule has 0 spiro atoms. The number of hydrogen-bond acceptors (Lipinski definition) is 3. The van der Waals surface area contributed by atoms with E-state index in [0.717, 1.165) is 0 Å². The summed E-state index contributed by atoms with van der Waals surface area (Å²) in [6.07, 6.45) is 1.74. The van der Waals surface area contributed by atoms with Crippen molar-refractivity contribution in [3.63, 3.8) is 0 Å². The maximum Gasteiger partial charge on any atom is 0.259 e. The van der Waals surface area contributed by atoms with Crippen LogP contribution < -0.4 is 5.32 Å². The second-order valence-electron chi connectivity index (χ2n) is 4.03. The van der Waals surface area contributed by atoms with Gasteiger partial charge in [0.25, 0.3) is 5.91 Å². The molecule has 2 aromatic heterocycles. The van der Waals surface area contributed by atoms with Crippen LogP contribution in [0.2, 0.25) is 0 Å². The summed E-state index contributed by atoms with van der Waals surface area (Å²) >= 11 is 3.16. The zero-order valence-electron chi connectivity index (χ0n) is 10.0. The molecule has 0 unspecified atom stereocenters. The van der Waals surface area contributed by atoms with Gasteiger partial charge in [-0.25, -0.2) is 4.39 Å². The third-order valence-electron chi connectivity index (χ3n) is 2.71. The van der Waals surface area contributed by atoms with E-state index in [9.17, 15) is 9.18 Å². The number of pyridine rings is 1. The number of rotatable bonds is 2. The minimum Gasteiger partial charge on any atom is -0.290 e. The number of halogens is 2. The van der Waals surface area contributed by atoms with Crippen molar-refractivity contribution < 1.29 is 9.18 Å². The lowest BCUT2D eigenvalue weighted by Crippen LogP contribution is -2.14. The lowest BCUT2D eigenvalue weighted by Gasteiger charge is -2.05. The van der Waals surface area contributed by atoms with E-state index >= 15 is 0 Å². The number of anilines is 1. The third-order valence-corrected chi connectivity index (χ3v) is 3.37. The molecule has 20 heavy (non-hydrogen) atoms. The van der Waals surface area contributed by atoms with Gasteiger partial charge in [0.1, 0.15) is 5.82 Å². The van der Waals surface area contributed by atoms with Crippen LogP contribution in [0.25, 0.3) is 5.65 Å². The Hall–Kier alpha value is -2.28. The number of carbonyl (C=O) groups is 1. The smallest absolute Gasteiger partial charge is 0.259 e. The standard InChI is InChI=1S/C13H8BrFN4O/c14-10-7-8(15)4-5-9(10)12(20)16-13-18-17-11-3-1-2-6-19(11)13/h1-7H,(H,16,18,20). The van der Waals surface area contributed by atoms with Crippen molar-refractivity contribution in [2.75, 3.05) is 5.32 Å². The molecule has 0 atom stereocenters. The lowest BCUT2D eigenvalue weighted by atomic mass is 10.2. The van der Waals surface area contributed by atoms with Crippen LogP contribution in [0.3, 0.4) is 0 Å². The summed E-state index contributed by atoms with van der Waals surface area (Å²) in [5.41, 5.74) is 0.944. The van der Waals surface area contributed by atoms with E-state index in [1.807, 2.05) is 6.07 Å². The first-order chi connectivity index (χ1) is 9.65. The first-order valence-electron chi connectivity index (χ1n) is 5.71. The van der Waals surface area contributed by atoms with Gasteiger partial charge in [-0.2, -0.15) is 0 Å². The maximum absolute atomic E-state index is 13.0. The Bertz CT molecular complexity index is 802. The second-order valence-corrected chi connectivity index (χ2v) is 4.89. The Kier molecular flexibility index (Phi) is 3.19. The highest BCUT2D eigenvalue weighted by Gasteiger charge is 2.14. The lowest BCUT2D eigenvalue weighted by molar-refractivity contribution is 0.102. The minimum absolute atomic E-state index is 0.307. The van der Waals surface area contributed by atoms with Gasteiger partial charge in [-0.15, -0.1) is 10.2 Å². The summed E-state index contributed by atoms with van der Waals surface area (Å²) in [6, 6.07) is 9.26. The Balaban J connectivity index is 1.92. The third kappa shape index (κ3) is 2.27. The van der Waals surface area contributed by atoms with E-state index in [1.165, 1.54) is 18.2 Å². The van der Waals surface area contributed by atoms with Crippen molar-refractivity contribution >= 4 is 33.4 Å². The number of aromatic nitrogens is 3.